The Bertz CT molecular complexity index is 846. The molecule has 1 aromatic heterocycles. The van der Waals surface area contributed by atoms with E-state index in [-0.39, 0.29) is 12.4 Å². The average molecular weight is 378 g/mol. The normalized spacial score (nSPS) is 11.5. The smallest absolute Gasteiger partial charge is 0.419 e. The van der Waals surface area contributed by atoms with Crippen molar-refractivity contribution in [2.75, 3.05) is 6.61 Å². The number of aromatic nitrogens is 2. The lowest BCUT2D eigenvalue weighted by Crippen LogP contribution is -2.10. The lowest BCUT2D eigenvalue weighted by molar-refractivity contribution is -0.138. The van der Waals surface area contributed by atoms with E-state index in [4.69, 9.17) is 4.74 Å². The van der Waals surface area contributed by atoms with E-state index in [1.807, 2.05) is 24.3 Å². The second kappa shape index (κ2) is 7.86. The molecule has 1 heterocycles. The minimum absolute atomic E-state index is 0.170. The zero-order chi connectivity index (χ0) is 18.6. The largest absolute Gasteiger partial charge is 0.493 e. The molecule has 0 amide bonds. The summed E-state index contributed by atoms with van der Waals surface area (Å²) in [7, 11) is 0. The monoisotopic (exact) mass is 378 g/mol. The van der Waals surface area contributed by atoms with Gasteiger partial charge < -0.3 is 4.74 Å². The molecule has 3 rings (SSSR count). The number of benzene rings is 2. The minimum Gasteiger partial charge on any atom is -0.493 e. The van der Waals surface area contributed by atoms with Crippen LogP contribution in [-0.4, -0.2) is 16.8 Å². The highest BCUT2D eigenvalue weighted by Gasteiger charge is 2.35. The molecule has 0 aliphatic carbocycles. The molecule has 7 heteroatoms. The van der Waals surface area contributed by atoms with Crippen molar-refractivity contribution in [1.29, 1.82) is 0 Å². The van der Waals surface area contributed by atoms with Crippen LogP contribution in [0.4, 0.5) is 13.2 Å². The fourth-order valence-electron chi connectivity index (χ4n) is 2.53. The van der Waals surface area contributed by atoms with Gasteiger partial charge in [0.2, 0.25) is 0 Å². The Kier molecular flexibility index (Phi) is 5.56. The molecular weight excluding hydrogens is 361 g/mol. The summed E-state index contributed by atoms with van der Waals surface area (Å²) in [4.78, 5) is 0. The van der Waals surface area contributed by atoms with Gasteiger partial charge in [-0.05, 0) is 35.7 Å². The van der Waals surface area contributed by atoms with Gasteiger partial charge in [0.15, 0.2) is 0 Å². The quantitative estimate of drug-likeness (QED) is 0.575. The van der Waals surface area contributed by atoms with E-state index in [0.717, 1.165) is 18.1 Å². The molecule has 2 aromatic carbocycles. The Hall–Kier alpha value is -2.41. The van der Waals surface area contributed by atoms with Crippen molar-refractivity contribution in [1.82, 2.24) is 10.2 Å². The zero-order valence-corrected chi connectivity index (χ0v) is 14.9. The van der Waals surface area contributed by atoms with Crippen LogP contribution in [0, 0.1) is 0 Å². The van der Waals surface area contributed by atoms with Gasteiger partial charge in [0, 0.05) is 12.0 Å². The first kappa shape index (κ1) is 18.4. The molecular formula is C19H17F3N2OS. The van der Waals surface area contributed by atoms with Crippen LogP contribution < -0.4 is 4.74 Å². The van der Waals surface area contributed by atoms with E-state index in [9.17, 15) is 13.2 Å². The Labute approximate surface area is 153 Å². The first-order chi connectivity index (χ1) is 12.5. The fourth-order valence-corrected chi connectivity index (χ4v) is 3.08. The fraction of sp³-hybridized carbons (Fsp3) is 0.263. The van der Waals surface area contributed by atoms with E-state index < -0.39 is 11.7 Å². The molecule has 0 saturated carbocycles. The van der Waals surface area contributed by atoms with E-state index in [1.54, 1.807) is 6.07 Å². The second-order valence-electron chi connectivity index (χ2n) is 5.72. The molecule has 0 bridgehead atoms. The summed E-state index contributed by atoms with van der Waals surface area (Å²) in [5, 5.41) is 7.92. The van der Waals surface area contributed by atoms with E-state index in [1.165, 1.54) is 28.5 Å². The highest BCUT2D eigenvalue weighted by Crippen LogP contribution is 2.39. The lowest BCUT2D eigenvalue weighted by Gasteiger charge is -2.15. The van der Waals surface area contributed by atoms with Crippen LogP contribution in [0.25, 0.3) is 10.6 Å². The van der Waals surface area contributed by atoms with Crippen molar-refractivity contribution < 1.29 is 17.9 Å². The molecule has 3 nitrogen and oxygen atoms in total. The number of hydrogen-bond donors (Lipinski definition) is 0. The van der Waals surface area contributed by atoms with Gasteiger partial charge in [0.25, 0.3) is 0 Å². The van der Waals surface area contributed by atoms with Crippen LogP contribution in [0.3, 0.4) is 0 Å². The number of alkyl halides is 3. The third kappa shape index (κ3) is 4.40. The molecule has 0 N–H and O–H groups in total. The molecule has 0 atom stereocenters. The third-order valence-corrected chi connectivity index (χ3v) is 4.71. The molecule has 0 aliphatic heterocycles. The van der Waals surface area contributed by atoms with Crippen LogP contribution in [-0.2, 0) is 19.0 Å². The maximum atomic E-state index is 13.4. The molecule has 26 heavy (non-hydrogen) atoms. The van der Waals surface area contributed by atoms with E-state index >= 15 is 0 Å². The van der Waals surface area contributed by atoms with E-state index in [2.05, 4.69) is 17.1 Å². The van der Waals surface area contributed by atoms with Crippen molar-refractivity contribution in [2.24, 2.45) is 0 Å². The zero-order valence-electron chi connectivity index (χ0n) is 14.1. The van der Waals surface area contributed by atoms with Crippen molar-refractivity contribution in [2.45, 2.75) is 25.9 Å². The maximum Gasteiger partial charge on any atom is 0.419 e. The number of halogens is 3. The van der Waals surface area contributed by atoms with Crippen molar-refractivity contribution >= 4 is 11.3 Å². The third-order valence-electron chi connectivity index (χ3n) is 3.97. The van der Waals surface area contributed by atoms with Crippen molar-refractivity contribution in [3.63, 3.8) is 0 Å². The Morgan fingerprint density at radius 2 is 1.77 bits per heavy atom. The summed E-state index contributed by atoms with van der Waals surface area (Å²) in [6, 6.07) is 12.0. The summed E-state index contributed by atoms with van der Waals surface area (Å²) < 4.78 is 45.6. The van der Waals surface area contributed by atoms with Crippen LogP contribution >= 0.6 is 11.3 Å². The highest BCUT2D eigenvalue weighted by atomic mass is 32.1. The summed E-state index contributed by atoms with van der Waals surface area (Å²) in [5.41, 5.74) is 3.31. The van der Waals surface area contributed by atoms with Gasteiger partial charge in [-0.1, -0.05) is 42.5 Å². The minimum atomic E-state index is -4.50. The molecule has 0 fully saturated rings. The van der Waals surface area contributed by atoms with Gasteiger partial charge in [-0.25, -0.2) is 0 Å². The van der Waals surface area contributed by atoms with Crippen LogP contribution in [0.15, 0.2) is 48.0 Å². The predicted octanol–water partition coefficient (Wildman–Crippen LogP) is 5.41. The van der Waals surface area contributed by atoms with Crippen LogP contribution in [0.2, 0.25) is 0 Å². The highest BCUT2D eigenvalue weighted by molar-refractivity contribution is 7.12. The summed E-state index contributed by atoms with van der Waals surface area (Å²) in [5.74, 6) is -0.170. The Morgan fingerprint density at radius 1 is 1.04 bits per heavy atom. The maximum absolute atomic E-state index is 13.4. The van der Waals surface area contributed by atoms with Crippen molar-refractivity contribution in [3.05, 3.63) is 64.7 Å². The van der Waals surface area contributed by atoms with Gasteiger partial charge in [0.05, 0.1) is 12.2 Å². The molecule has 136 valence electrons. The summed E-state index contributed by atoms with van der Waals surface area (Å²) >= 11 is 1.19. The first-order valence-electron chi connectivity index (χ1n) is 8.15. The van der Waals surface area contributed by atoms with Gasteiger partial charge in [-0.3, -0.25) is 0 Å². The molecule has 0 saturated heterocycles. The standard InChI is InChI=1S/C19H17F3N2OS/c1-2-13-3-5-14(6-4-13)9-10-25-17-8-7-15(18-24-23-12-26-18)11-16(17)19(20,21)22/h3-8,11-12H,2,9-10H2,1H3. The lowest BCUT2D eigenvalue weighted by atomic mass is 10.1. The van der Waals surface area contributed by atoms with Gasteiger partial charge in [0.1, 0.15) is 16.3 Å². The number of aryl methyl sites for hydroxylation is 1. The molecule has 0 aliphatic rings. The summed E-state index contributed by atoms with van der Waals surface area (Å²) in [6.45, 7) is 2.24. The molecule has 0 radical (unpaired) electrons. The molecule has 0 unspecified atom stereocenters. The Balaban J connectivity index is 1.74. The van der Waals surface area contributed by atoms with Crippen molar-refractivity contribution in [3.8, 4) is 16.3 Å². The number of hydrogen-bond acceptors (Lipinski definition) is 4. The molecule has 3 aromatic rings. The van der Waals surface area contributed by atoms with Crippen LogP contribution in [0.5, 0.6) is 5.75 Å². The first-order valence-corrected chi connectivity index (χ1v) is 9.03. The number of nitrogens with zero attached hydrogens (tertiary/aromatic N) is 2. The summed E-state index contributed by atoms with van der Waals surface area (Å²) in [6.07, 6.45) is -3.01. The number of rotatable bonds is 6. The second-order valence-corrected chi connectivity index (χ2v) is 6.55. The van der Waals surface area contributed by atoms with Crippen LogP contribution in [0.1, 0.15) is 23.6 Å². The number of ether oxygens (including phenoxy) is 1. The van der Waals surface area contributed by atoms with Gasteiger partial charge in [-0.2, -0.15) is 13.2 Å². The van der Waals surface area contributed by atoms with Gasteiger partial charge in [-0.15, -0.1) is 10.2 Å². The van der Waals surface area contributed by atoms with Gasteiger partial charge >= 0.3 is 6.18 Å². The Morgan fingerprint density at radius 3 is 2.38 bits per heavy atom. The topological polar surface area (TPSA) is 35.0 Å². The SMILES string of the molecule is CCc1ccc(CCOc2ccc(-c3nncs3)cc2C(F)(F)F)cc1. The molecule has 0 spiro atoms. The average Bonchev–Trinajstić information content (AvgIpc) is 3.16. The predicted molar refractivity (Wildman–Crippen MR) is 95.4 cm³/mol. The van der Waals surface area contributed by atoms with E-state index in [0.29, 0.717) is 17.0 Å².